The van der Waals surface area contributed by atoms with E-state index in [1.807, 2.05) is 37.3 Å². The van der Waals surface area contributed by atoms with Crippen LogP contribution in [-0.4, -0.2) is 44.3 Å². The van der Waals surface area contributed by atoms with Crippen molar-refractivity contribution in [2.24, 2.45) is 0 Å². The summed E-state index contributed by atoms with van der Waals surface area (Å²) in [6, 6.07) is 13.9. The fraction of sp³-hybridized carbons (Fsp3) is 0.320. The SMILES string of the molecule is CCOc1ccc(C(CCCCCl)c2nc(Nc3ccc(-n4cnc(Cl)c4)c(OC)c3)n[nH]2)cc1. The first kappa shape index (κ1) is 24.9. The van der Waals surface area contributed by atoms with Crippen LogP contribution in [0.3, 0.4) is 0 Å². The fourth-order valence-corrected chi connectivity index (χ4v) is 4.22. The van der Waals surface area contributed by atoms with Gasteiger partial charge in [0.2, 0.25) is 5.95 Å². The lowest BCUT2D eigenvalue weighted by atomic mass is 9.93. The van der Waals surface area contributed by atoms with Crippen LogP contribution in [0.1, 0.15) is 43.5 Å². The van der Waals surface area contributed by atoms with Gasteiger partial charge in [0, 0.05) is 29.7 Å². The predicted octanol–water partition coefficient (Wildman–Crippen LogP) is 6.34. The number of H-pyrrole nitrogens is 1. The zero-order valence-corrected chi connectivity index (χ0v) is 21.2. The number of imidazole rings is 1. The number of nitrogens with one attached hydrogen (secondary N) is 2. The molecule has 8 nitrogen and oxygen atoms in total. The third kappa shape index (κ3) is 6.26. The van der Waals surface area contributed by atoms with Crippen LogP contribution in [0, 0.1) is 0 Å². The summed E-state index contributed by atoms with van der Waals surface area (Å²) in [6.45, 7) is 2.61. The van der Waals surface area contributed by atoms with E-state index in [0.29, 0.717) is 29.3 Å². The summed E-state index contributed by atoms with van der Waals surface area (Å²) < 4.78 is 13.0. The van der Waals surface area contributed by atoms with Crippen LogP contribution >= 0.6 is 23.2 Å². The minimum atomic E-state index is 0.0693. The maximum atomic E-state index is 5.96. The molecule has 0 spiro atoms. The van der Waals surface area contributed by atoms with Gasteiger partial charge < -0.3 is 19.4 Å². The Kier molecular flexibility index (Phi) is 8.50. The Labute approximate surface area is 214 Å². The Hall–Kier alpha value is -3.23. The molecule has 0 saturated carbocycles. The number of nitrogens with zero attached hydrogens (tertiary/aromatic N) is 4. The molecule has 4 rings (SSSR count). The zero-order valence-electron chi connectivity index (χ0n) is 19.7. The Bertz CT molecular complexity index is 1220. The first-order chi connectivity index (χ1) is 17.1. The van der Waals surface area contributed by atoms with Crippen LogP contribution in [0.15, 0.2) is 55.0 Å². The molecule has 0 saturated heterocycles. The topological polar surface area (TPSA) is 89.9 Å². The molecule has 2 heterocycles. The average molecular weight is 515 g/mol. The maximum absolute atomic E-state index is 5.96. The van der Waals surface area contributed by atoms with Crippen molar-refractivity contribution in [3.63, 3.8) is 0 Å². The summed E-state index contributed by atoms with van der Waals surface area (Å²) in [6.07, 6.45) is 6.20. The van der Waals surface area contributed by atoms with Gasteiger partial charge in [0.25, 0.3) is 0 Å². The lowest BCUT2D eigenvalue weighted by molar-refractivity contribution is 0.340. The Morgan fingerprint density at radius 1 is 1.14 bits per heavy atom. The minimum Gasteiger partial charge on any atom is -0.494 e. The number of halogens is 2. The Morgan fingerprint density at radius 2 is 1.97 bits per heavy atom. The highest BCUT2D eigenvalue weighted by atomic mass is 35.5. The van der Waals surface area contributed by atoms with Gasteiger partial charge >= 0.3 is 0 Å². The van der Waals surface area contributed by atoms with E-state index in [2.05, 4.69) is 32.6 Å². The number of aromatic amines is 1. The van der Waals surface area contributed by atoms with E-state index in [1.165, 1.54) is 0 Å². The summed E-state index contributed by atoms with van der Waals surface area (Å²) in [5, 5.41) is 11.2. The van der Waals surface area contributed by atoms with E-state index in [1.54, 1.807) is 24.2 Å². The zero-order chi connectivity index (χ0) is 24.6. The van der Waals surface area contributed by atoms with Crippen LogP contribution in [-0.2, 0) is 0 Å². The molecule has 2 aromatic carbocycles. The number of ether oxygens (including phenoxy) is 2. The first-order valence-corrected chi connectivity index (χ1v) is 12.4. The second kappa shape index (κ2) is 12.0. The molecular formula is C25H28Cl2N6O2. The maximum Gasteiger partial charge on any atom is 0.246 e. The molecular weight excluding hydrogens is 487 g/mol. The van der Waals surface area contributed by atoms with Gasteiger partial charge in [-0.05, 0) is 49.6 Å². The largest absolute Gasteiger partial charge is 0.494 e. The molecule has 2 aromatic heterocycles. The van der Waals surface area contributed by atoms with Gasteiger partial charge in [0.05, 0.1) is 19.4 Å². The van der Waals surface area contributed by atoms with Crippen LogP contribution in [0.2, 0.25) is 5.15 Å². The molecule has 0 aliphatic rings. The van der Waals surface area contributed by atoms with Crippen molar-refractivity contribution in [1.82, 2.24) is 24.7 Å². The molecule has 4 aromatic rings. The van der Waals surface area contributed by atoms with E-state index in [-0.39, 0.29) is 5.92 Å². The number of anilines is 2. The second-order valence-corrected chi connectivity index (χ2v) is 8.66. The summed E-state index contributed by atoms with van der Waals surface area (Å²) in [5.74, 6) is 3.50. The smallest absolute Gasteiger partial charge is 0.246 e. The van der Waals surface area contributed by atoms with Crippen molar-refractivity contribution < 1.29 is 9.47 Å². The molecule has 2 N–H and O–H groups in total. The molecule has 10 heteroatoms. The molecule has 1 unspecified atom stereocenters. The van der Waals surface area contributed by atoms with E-state index >= 15 is 0 Å². The number of aromatic nitrogens is 5. The van der Waals surface area contributed by atoms with Crippen molar-refractivity contribution in [3.05, 3.63) is 71.5 Å². The molecule has 184 valence electrons. The van der Waals surface area contributed by atoms with Gasteiger partial charge in [0.15, 0.2) is 0 Å². The first-order valence-electron chi connectivity index (χ1n) is 11.5. The number of unbranched alkanes of at least 4 members (excludes halogenated alkanes) is 1. The van der Waals surface area contributed by atoms with E-state index in [9.17, 15) is 0 Å². The number of rotatable bonds is 12. The fourth-order valence-electron chi connectivity index (χ4n) is 3.88. The third-order valence-electron chi connectivity index (χ3n) is 5.57. The standard InChI is InChI=1S/C25H28Cl2N6O2/c1-3-35-19-10-7-17(8-11-19)20(6-4-5-13-26)24-30-25(32-31-24)29-18-9-12-21(22(14-18)34-2)33-15-23(27)28-16-33/h7-12,14-16,20H,3-6,13H2,1-2H3,(H2,29,30,31,32). The van der Waals surface area contributed by atoms with Gasteiger partial charge in [-0.2, -0.15) is 4.98 Å². The highest BCUT2D eigenvalue weighted by Gasteiger charge is 2.19. The molecule has 0 aliphatic heterocycles. The molecule has 0 aliphatic carbocycles. The predicted molar refractivity (Wildman–Crippen MR) is 139 cm³/mol. The summed E-state index contributed by atoms with van der Waals surface area (Å²) in [5.41, 5.74) is 2.76. The highest BCUT2D eigenvalue weighted by molar-refractivity contribution is 6.29. The van der Waals surface area contributed by atoms with E-state index in [0.717, 1.165) is 47.8 Å². The van der Waals surface area contributed by atoms with Gasteiger partial charge in [-0.1, -0.05) is 30.2 Å². The molecule has 1 atom stereocenters. The van der Waals surface area contributed by atoms with Crippen molar-refractivity contribution in [2.45, 2.75) is 32.1 Å². The van der Waals surface area contributed by atoms with Gasteiger partial charge in [-0.3, -0.25) is 5.10 Å². The molecule has 0 radical (unpaired) electrons. The van der Waals surface area contributed by atoms with Crippen LogP contribution < -0.4 is 14.8 Å². The lowest BCUT2D eigenvalue weighted by Gasteiger charge is -2.15. The minimum absolute atomic E-state index is 0.0693. The highest BCUT2D eigenvalue weighted by Crippen LogP contribution is 2.31. The summed E-state index contributed by atoms with van der Waals surface area (Å²) in [7, 11) is 1.62. The number of alkyl halides is 1. The van der Waals surface area contributed by atoms with Gasteiger partial charge in [0.1, 0.15) is 28.8 Å². The average Bonchev–Trinajstić information content (AvgIpc) is 3.51. The van der Waals surface area contributed by atoms with E-state index in [4.69, 9.17) is 37.7 Å². The van der Waals surface area contributed by atoms with Crippen LogP contribution in [0.25, 0.3) is 5.69 Å². The number of hydrogen-bond acceptors (Lipinski definition) is 6. The van der Waals surface area contributed by atoms with Crippen molar-refractivity contribution in [3.8, 4) is 17.2 Å². The van der Waals surface area contributed by atoms with Crippen molar-refractivity contribution in [2.75, 3.05) is 24.9 Å². The quantitative estimate of drug-likeness (QED) is 0.169. The van der Waals surface area contributed by atoms with Crippen LogP contribution in [0.5, 0.6) is 11.5 Å². The second-order valence-electron chi connectivity index (χ2n) is 7.90. The molecule has 0 fully saturated rings. The van der Waals surface area contributed by atoms with Crippen molar-refractivity contribution in [1.29, 1.82) is 0 Å². The normalized spacial score (nSPS) is 11.9. The Morgan fingerprint density at radius 3 is 2.66 bits per heavy atom. The monoisotopic (exact) mass is 514 g/mol. The van der Waals surface area contributed by atoms with Gasteiger partial charge in [-0.25, -0.2) is 4.98 Å². The molecule has 0 amide bonds. The number of methoxy groups -OCH3 is 1. The van der Waals surface area contributed by atoms with E-state index < -0.39 is 0 Å². The third-order valence-corrected chi connectivity index (χ3v) is 6.03. The number of benzene rings is 2. The molecule has 35 heavy (non-hydrogen) atoms. The Balaban J connectivity index is 1.53. The van der Waals surface area contributed by atoms with Crippen molar-refractivity contribution >= 4 is 34.8 Å². The van der Waals surface area contributed by atoms with Crippen LogP contribution in [0.4, 0.5) is 11.6 Å². The van der Waals surface area contributed by atoms with Gasteiger partial charge in [-0.15, -0.1) is 16.7 Å². The summed E-state index contributed by atoms with van der Waals surface area (Å²) >= 11 is 11.9. The summed E-state index contributed by atoms with van der Waals surface area (Å²) in [4.78, 5) is 8.81. The number of hydrogen-bond donors (Lipinski definition) is 2. The molecule has 0 bridgehead atoms. The lowest BCUT2D eigenvalue weighted by Crippen LogP contribution is -2.05.